The number of aryl methyl sites for hydroxylation is 1. The van der Waals surface area contributed by atoms with Crippen LogP contribution in [0.1, 0.15) is 44.6 Å². The van der Waals surface area contributed by atoms with E-state index in [-0.39, 0.29) is 12.0 Å². The van der Waals surface area contributed by atoms with E-state index in [0.29, 0.717) is 5.82 Å². The van der Waals surface area contributed by atoms with Gasteiger partial charge < -0.3 is 9.88 Å². The third-order valence-corrected chi connectivity index (χ3v) is 5.93. The van der Waals surface area contributed by atoms with Crippen molar-refractivity contribution in [2.75, 3.05) is 11.1 Å². The lowest BCUT2D eigenvalue weighted by molar-refractivity contribution is 0.507. The molecule has 8 heteroatoms. The molecule has 3 aromatic rings. The number of benzene rings is 1. The molecule has 1 aliphatic carbocycles. The Balaban J connectivity index is 1.57. The van der Waals surface area contributed by atoms with Crippen LogP contribution < -0.4 is 5.32 Å². The molecule has 5 nitrogen and oxygen atoms in total. The summed E-state index contributed by atoms with van der Waals surface area (Å²) in [6.45, 7) is 5.00. The molecule has 0 radical (unpaired) electrons. The molecule has 0 spiro atoms. The van der Waals surface area contributed by atoms with E-state index in [1.807, 2.05) is 4.57 Å². The first kappa shape index (κ1) is 19.1. The number of fused-ring (bicyclic) bond motifs is 1. The first-order chi connectivity index (χ1) is 13.6. The number of nitrogens with zero attached hydrogens (tertiary/aromatic N) is 4. The maximum Gasteiger partial charge on any atom is 0.191 e. The van der Waals surface area contributed by atoms with Crippen molar-refractivity contribution in [2.45, 2.75) is 56.8 Å². The fourth-order valence-corrected chi connectivity index (χ4v) is 4.19. The minimum absolute atomic E-state index is 0.128. The van der Waals surface area contributed by atoms with E-state index in [1.165, 1.54) is 12.1 Å². The number of rotatable bonds is 8. The summed E-state index contributed by atoms with van der Waals surface area (Å²) in [6.07, 6.45) is 4.88. The Bertz CT molecular complexity index is 990. The Kier molecular flexibility index (Phi) is 5.48. The van der Waals surface area contributed by atoms with Crippen molar-refractivity contribution in [1.82, 2.24) is 19.5 Å². The lowest BCUT2D eigenvalue weighted by Crippen LogP contribution is -2.08. The first-order valence-corrected chi connectivity index (χ1v) is 10.7. The number of anilines is 1. The van der Waals surface area contributed by atoms with Gasteiger partial charge in [0.25, 0.3) is 0 Å². The summed E-state index contributed by atoms with van der Waals surface area (Å²) in [6, 6.07) is 4.25. The van der Waals surface area contributed by atoms with Crippen LogP contribution in [0.15, 0.2) is 29.7 Å². The van der Waals surface area contributed by atoms with E-state index >= 15 is 0 Å². The highest BCUT2D eigenvalue weighted by atomic mass is 32.2. The number of thioether (sulfide) groups is 1. The zero-order valence-electron chi connectivity index (χ0n) is 16.0. The van der Waals surface area contributed by atoms with Crippen molar-refractivity contribution in [3.63, 3.8) is 0 Å². The van der Waals surface area contributed by atoms with E-state index in [9.17, 15) is 8.78 Å². The maximum atomic E-state index is 13.5. The van der Waals surface area contributed by atoms with Crippen molar-refractivity contribution in [2.24, 2.45) is 0 Å². The Morgan fingerprint density at radius 2 is 2.07 bits per heavy atom. The normalized spacial score (nSPS) is 18.6. The van der Waals surface area contributed by atoms with Gasteiger partial charge in [-0.25, -0.2) is 23.7 Å². The molecule has 28 heavy (non-hydrogen) atoms. The van der Waals surface area contributed by atoms with Crippen LogP contribution in [0.4, 0.5) is 14.6 Å². The third kappa shape index (κ3) is 3.83. The summed E-state index contributed by atoms with van der Waals surface area (Å²) in [7, 11) is 0. The summed E-state index contributed by atoms with van der Waals surface area (Å²) in [5, 5.41) is 4.19. The van der Waals surface area contributed by atoms with Crippen LogP contribution in [-0.2, 0) is 6.54 Å². The second-order valence-corrected chi connectivity index (χ2v) is 8.09. The topological polar surface area (TPSA) is 55.6 Å². The molecule has 1 N–H and O–H groups in total. The molecule has 0 aliphatic heterocycles. The molecule has 0 bridgehead atoms. The van der Waals surface area contributed by atoms with Gasteiger partial charge in [-0.15, -0.1) is 0 Å². The zero-order chi connectivity index (χ0) is 19.7. The smallest absolute Gasteiger partial charge is 0.191 e. The summed E-state index contributed by atoms with van der Waals surface area (Å²) < 4.78 is 28.7. The van der Waals surface area contributed by atoms with Crippen molar-refractivity contribution < 1.29 is 8.78 Å². The third-order valence-electron chi connectivity index (χ3n) is 5.00. The minimum Gasteiger partial charge on any atom is -0.365 e. The van der Waals surface area contributed by atoms with Gasteiger partial charge in [-0.1, -0.05) is 31.2 Å². The standard InChI is InChI=1S/C20H23F2N5S/c1-3-5-8-28-20-25-18(17-19(26-20)27(4-2)11-23-17)24-16-10-13(16)12-6-7-14(21)15(22)9-12/h6-7,9,11,13,16H,3-5,8,10H2,1-2H3,(H,24,25,26)/t13-,16+/m0/s1. The van der Waals surface area contributed by atoms with Gasteiger partial charge in [-0.3, -0.25) is 0 Å². The largest absolute Gasteiger partial charge is 0.365 e. The fraction of sp³-hybridized carbons (Fsp3) is 0.450. The molecule has 4 rings (SSSR count). The van der Waals surface area contributed by atoms with Gasteiger partial charge in [0.15, 0.2) is 33.8 Å². The lowest BCUT2D eigenvalue weighted by atomic mass is 10.1. The van der Waals surface area contributed by atoms with Crippen LogP contribution in [0.5, 0.6) is 0 Å². The van der Waals surface area contributed by atoms with Crippen LogP contribution in [0.25, 0.3) is 11.2 Å². The minimum atomic E-state index is -0.815. The molecule has 1 aromatic carbocycles. The molecule has 1 saturated carbocycles. The highest BCUT2D eigenvalue weighted by Gasteiger charge is 2.39. The predicted molar refractivity (Wildman–Crippen MR) is 108 cm³/mol. The maximum absolute atomic E-state index is 13.5. The van der Waals surface area contributed by atoms with Crippen LogP contribution in [0.2, 0.25) is 0 Å². The van der Waals surface area contributed by atoms with E-state index in [4.69, 9.17) is 4.98 Å². The molecule has 148 valence electrons. The second kappa shape index (κ2) is 8.03. The number of aromatic nitrogens is 4. The Hall–Kier alpha value is -2.22. The van der Waals surface area contributed by atoms with Crippen LogP contribution in [0, 0.1) is 11.6 Å². The number of hydrogen-bond donors (Lipinski definition) is 1. The Morgan fingerprint density at radius 3 is 2.82 bits per heavy atom. The second-order valence-electron chi connectivity index (χ2n) is 7.03. The molecule has 0 amide bonds. The van der Waals surface area contributed by atoms with Gasteiger partial charge in [-0.2, -0.15) is 0 Å². The van der Waals surface area contributed by atoms with Crippen molar-refractivity contribution in [3.05, 3.63) is 41.7 Å². The van der Waals surface area contributed by atoms with Gasteiger partial charge >= 0.3 is 0 Å². The fourth-order valence-electron chi connectivity index (χ4n) is 3.27. The van der Waals surface area contributed by atoms with Gasteiger partial charge in [0.1, 0.15) is 0 Å². The summed E-state index contributed by atoms with van der Waals surface area (Å²) >= 11 is 1.65. The zero-order valence-corrected chi connectivity index (χ0v) is 16.8. The predicted octanol–water partition coefficient (Wildman–Crippen LogP) is 4.98. The van der Waals surface area contributed by atoms with Crippen molar-refractivity contribution in [1.29, 1.82) is 0 Å². The van der Waals surface area contributed by atoms with E-state index < -0.39 is 11.6 Å². The van der Waals surface area contributed by atoms with E-state index in [1.54, 1.807) is 24.2 Å². The summed E-state index contributed by atoms with van der Waals surface area (Å²) in [5.74, 6) is 0.216. The van der Waals surface area contributed by atoms with Crippen LogP contribution in [-0.4, -0.2) is 31.3 Å². The van der Waals surface area contributed by atoms with Crippen LogP contribution >= 0.6 is 11.8 Å². The average molecular weight is 404 g/mol. The Morgan fingerprint density at radius 1 is 1.21 bits per heavy atom. The molecule has 2 heterocycles. The molecule has 0 saturated heterocycles. The molecule has 2 atom stereocenters. The van der Waals surface area contributed by atoms with Crippen molar-refractivity contribution >= 4 is 28.7 Å². The van der Waals surface area contributed by atoms with Gasteiger partial charge in [0, 0.05) is 24.3 Å². The monoisotopic (exact) mass is 403 g/mol. The number of imidazole rings is 1. The molecule has 0 unspecified atom stereocenters. The number of halogens is 2. The Labute approximate surface area is 167 Å². The van der Waals surface area contributed by atoms with Crippen LogP contribution in [0.3, 0.4) is 0 Å². The number of hydrogen-bond acceptors (Lipinski definition) is 5. The molecule has 1 aliphatic rings. The van der Waals surface area contributed by atoms with Gasteiger partial charge in [0.2, 0.25) is 0 Å². The number of nitrogens with one attached hydrogen (secondary N) is 1. The quantitative estimate of drug-likeness (QED) is 0.326. The summed E-state index contributed by atoms with van der Waals surface area (Å²) in [4.78, 5) is 13.9. The molecule has 1 fully saturated rings. The first-order valence-electron chi connectivity index (χ1n) is 9.67. The molecular formula is C20H23F2N5S. The average Bonchev–Trinajstić information content (AvgIpc) is 3.32. The van der Waals surface area contributed by atoms with Gasteiger partial charge in [0.05, 0.1) is 6.33 Å². The molecule has 2 aromatic heterocycles. The van der Waals surface area contributed by atoms with Gasteiger partial charge in [-0.05, 0) is 37.5 Å². The molecular weight excluding hydrogens is 380 g/mol. The van der Waals surface area contributed by atoms with Crippen molar-refractivity contribution in [3.8, 4) is 0 Å². The SMILES string of the molecule is CCCCSc1nc(N[C@@H]2C[C@H]2c2ccc(F)c(F)c2)c2ncn(CC)c2n1. The lowest BCUT2D eigenvalue weighted by Gasteiger charge is -2.09. The van der Waals surface area contributed by atoms with E-state index in [2.05, 4.69) is 29.1 Å². The number of unbranched alkanes of at least 4 members (excludes halogenated alkanes) is 1. The van der Waals surface area contributed by atoms with E-state index in [0.717, 1.165) is 53.4 Å². The summed E-state index contributed by atoms with van der Waals surface area (Å²) in [5.41, 5.74) is 2.37. The highest BCUT2D eigenvalue weighted by molar-refractivity contribution is 7.99. The highest BCUT2D eigenvalue weighted by Crippen LogP contribution is 2.43.